The molecule has 1 aromatic carbocycles. The summed E-state index contributed by atoms with van der Waals surface area (Å²) in [6, 6.07) is 5.33. The van der Waals surface area contributed by atoms with Crippen molar-refractivity contribution in [3.8, 4) is 11.6 Å². The lowest BCUT2D eigenvalue weighted by molar-refractivity contribution is 0.456. The first-order chi connectivity index (χ1) is 7.66. The van der Waals surface area contributed by atoms with Crippen molar-refractivity contribution >= 4 is 5.69 Å². The van der Waals surface area contributed by atoms with Crippen molar-refractivity contribution < 1.29 is 4.74 Å². The van der Waals surface area contributed by atoms with Gasteiger partial charge >= 0.3 is 5.56 Å². The molecule has 0 atom stereocenters. The average molecular weight is 217 g/mol. The number of hydrogen-bond acceptors (Lipinski definition) is 4. The lowest BCUT2D eigenvalue weighted by Gasteiger charge is -2.06. The van der Waals surface area contributed by atoms with Gasteiger partial charge in [-0.3, -0.25) is 4.79 Å². The minimum Gasteiger partial charge on any atom is -0.432 e. The first kappa shape index (κ1) is 10.2. The smallest absolute Gasteiger partial charge is 0.311 e. The maximum Gasteiger partial charge on any atom is 0.311 e. The summed E-state index contributed by atoms with van der Waals surface area (Å²) < 4.78 is 5.32. The van der Waals surface area contributed by atoms with Crippen molar-refractivity contribution in [2.75, 3.05) is 5.73 Å². The quantitative estimate of drug-likeness (QED) is 0.746. The van der Waals surface area contributed by atoms with Crippen molar-refractivity contribution in [2.45, 2.75) is 6.92 Å². The highest BCUT2D eigenvalue weighted by Crippen LogP contribution is 2.25. The molecule has 0 unspecified atom stereocenters. The summed E-state index contributed by atoms with van der Waals surface area (Å²) in [6.45, 7) is 1.92. The van der Waals surface area contributed by atoms with Crippen molar-refractivity contribution in [2.24, 2.45) is 0 Å². The Morgan fingerprint density at radius 3 is 2.94 bits per heavy atom. The van der Waals surface area contributed by atoms with E-state index in [0.29, 0.717) is 11.4 Å². The molecule has 82 valence electrons. The Bertz CT molecular complexity index is 563. The molecule has 0 spiro atoms. The van der Waals surface area contributed by atoms with Crippen LogP contribution < -0.4 is 16.0 Å². The van der Waals surface area contributed by atoms with Gasteiger partial charge in [0.15, 0.2) is 5.75 Å². The van der Waals surface area contributed by atoms with E-state index in [1.807, 2.05) is 13.0 Å². The summed E-state index contributed by atoms with van der Waals surface area (Å²) in [5.74, 6) is 0.410. The van der Waals surface area contributed by atoms with Crippen LogP contribution in [0.2, 0.25) is 0 Å². The van der Waals surface area contributed by atoms with Gasteiger partial charge in [0.05, 0.1) is 5.69 Å². The largest absolute Gasteiger partial charge is 0.432 e. The Morgan fingerprint density at radius 1 is 1.44 bits per heavy atom. The highest BCUT2D eigenvalue weighted by molar-refractivity contribution is 5.54. The lowest BCUT2D eigenvalue weighted by atomic mass is 10.2. The molecular formula is C11H11N3O2. The monoisotopic (exact) mass is 217 g/mol. The molecule has 0 saturated heterocycles. The highest BCUT2D eigenvalue weighted by Gasteiger charge is 2.06. The summed E-state index contributed by atoms with van der Waals surface area (Å²) >= 11 is 0. The molecule has 2 aromatic rings. The summed E-state index contributed by atoms with van der Waals surface area (Å²) in [5, 5.41) is 0. The molecule has 0 amide bonds. The van der Waals surface area contributed by atoms with Crippen LogP contribution in [0.1, 0.15) is 5.56 Å². The standard InChI is InChI=1S/C11H11N3O2/c1-7-2-3-9(8(12)6-7)16-11-10(15)13-4-5-14-11/h2-6H,12H2,1H3,(H,13,15). The number of hydrogen-bond donors (Lipinski definition) is 2. The number of ether oxygens (including phenoxy) is 1. The molecule has 1 aromatic heterocycles. The van der Waals surface area contributed by atoms with E-state index < -0.39 is 0 Å². The van der Waals surface area contributed by atoms with Gasteiger partial charge in [0.1, 0.15) is 0 Å². The molecule has 0 aliphatic carbocycles. The second-order valence-corrected chi connectivity index (χ2v) is 3.37. The fourth-order valence-electron chi connectivity index (χ4n) is 1.28. The molecule has 5 heteroatoms. The minimum absolute atomic E-state index is 0.0157. The van der Waals surface area contributed by atoms with Crippen molar-refractivity contribution in [1.82, 2.24) is 9.97 Å². The maximum atomic E-state index is 11.3. The molecule has 0 radical (unpaired) electrons. The Labute approximate surface area is 91.9 Å². The van der Waals surface area contributed by atoms with Crippen molar-refractivity contribution in [3.63, 3.8) is 0 Å². The Balaban J connectivity index is 2.35. The first-order valence-corrected chi connectivity index (χ1v) is 4.74. The Morgan fingerprint density at radius 2 is 2.25 bits per heavy atom. The number of nitrogens with one attached hydrogen (secondary N) is 1. The molecule has 5 nitrogen and oxygen atoms in total. The number of H-pyrrole nitrogens is 1. The number of anilines is 1. The third-order valence-corrected chi connectivity index (χ3v) is 2.05. The van der Waals surface area contributed by atoms with Crippen molar-refractivity contribution in [3.05, 3.63) is 46.5 Å². The maximum absolute atomic E-state index is 11.3. The molecule has 0 saturated carbocycles. The Kier molecular flexibility index (Phi) is 2.59. The zero-order valence-corrected chi connectivity index (χ0v) is 8.73. The molecule has 0 aliphatic heterocycles. The number of rotatable bonds is 2. The number of nitrogens with two attached hydrogens (primary N) is 1. The Hall–Kier alpha value is -2.30. The van der Waals surface area contributed by atoms with Gasteiger partial charge in [-0.05, 0) is 24.6 Å². The lowest BCUT2D eigenvalue weighted by Crippen LogP contribution is -2.09. The van der Waals surface area contributed by atoms with E-state index in [9.17, 15) is 4.79 Å². The van der Waals surface area contributed by atoms with Crippen LogP contribution in [-0.2, 0) is 0 Å². The van der Waals surface area contributed by atoms with E-state index in [-0.39, 0.29) is 11.4 Å². The number of benzene rings is 1. The average Bonchev–Trinajstić information content (AvgIpc) is 2.25. The first-order valence-electron chi connectivity index (χ1n) is 4.74. The van der Waals surface area contributed by atoms with Crippen LogP contribution in [0.15, 0.2) is 35.4 Å². The number of aryl methyl sites for hydroxylation is 1. The van der Waals surface area contributed by atoms with E-state index in [4.69, 9.17) is 10.5 Å². The van der Waals surface area contributed by atoms with E-state index in [1.165, 1.54) is 12.4 Å². The third kappa shape index (κ3) is 2.03. The van der Waals surface area contributed by atoms with Gasteiger partial charge in [0.25, 0.3) is 5.88 Å². The summed E-state index contributed by atoms with van der Waals surface area (Å²) in [5.41, 5.74) is 6.87. The zero-order chi connectivity index (χ0) is 11.5. The SMILES string of the molecule is Cc1ccc(Oc2ncc[nH]c2=O)c(N)c1. The van der Waals surface area contributed by atoms with Crippen LogP contribution in [0.4, 0.5) is 5.69 Å². The number of nitrogens with zero attached hydrogens (tertiary/aromatic N) is 1. The van der Waals surface area contributed by atoms with E-state index in [1.54, 1.807) is 12.1 Å². The highest BCUT2D eigenvalue weighted by atomic mass is 16.5. The van der Waals surface area contributed by atoms with E-state index in [2.05, 4.69) is 9.97 Å². The van der Waals surface area contributed by atoms with Gasteiger partial charge in [-0.15, -0.1) is 0 Å². The summed E-state index contributed by atoms with van der Waals surface area (Å²) in [7, 11) is 0. The van der Waals surface area contributed by atoms with Crippen LogP contribution in [0.5, 0.6) is 11.6 Å². The predicted molar refractivity (Wildman–Crippen MR) is 60.5 cm³/mol. The molecule has 0 aliphatic rings. The molecule has 0 bridgehead atoms. The van der Waals surface area contributed by atoms with Crippen LogP contribution >= 0.6 is 0 Å². The number of nitrogen functional groups attached to an aromatic ring is 1. The summed E-state index contributed by atoms with van der Waals surface area (Å²) in [6.07, 6.45) is 2.88. The predicted octanol–water partition coefficient (Wildman–Crippen LogP) is 1.45. The second kappa shape index (κ2) is 4.06. The van der Waals surface area contributed by atoms with E-state index in [0.717, 1.165) is 5.56 Å². The van der Waals surface area contributed by atoms with Crippen LogP contribution in [-0.4, -0.2) is 9.97 Å². The summed E-state index contributed by atoms with van der Waals surface area (Å²) in [4.78, 5) is 17.6. The van der Waals surface area contributed by atoms with Crippen LogP contribution in [0.3, 0.4) is 0 Å². The molecular weight excluding hydrogens is 206 g/mol. The molecule has 16 heavy (non-hydrogen) atoms. The van der Waals surface area contributed by atoms with Gasteiger partial charge in [-0.1, -0.05) is 6.07 Å². The molecule has 1 heterocycles. The topological polar surface area (TPSA) is 81.0 Å². The normalized spacial score (nSPS) is 10.1. The molecule has 3 N–H and O–H groups in total. The fraction of sp³-hybridized carbons (Fsp3) is 0.0909. The van der Waals surface area contributed by atoms with Crippen LogP contribution in [0, 0.1) is 6.92 Å². The van der Waals surface area contributed by atoms with E-state index >= 15 is 0 Å². The van der Waals surface area contributed by atoms with Gasteiger partial charge in [-0.25, -0.2) is 4.98 Å². The van der Waals surface area contributed by atoms with Gasteiger partial charge < -0.3 is 15.5 Å². The second-order valence-electron chi connectivity index (χ2n) is 3.37. The van der Waals surface area contributed by atoms with Gasteiger partial charge in [-0.2, -0.15) is 0 Å². The molecule has 0 fully saturated rings. The third-order valence-electron chi connectivity index (χ3n) is 2.05. The minimum atomic E-state index is -0.387. The fourth-order valence-corrected chi connectivity index (χ4v) is 1.28. The van der Waals surface area contributed by atoms with Crippen molar-refractivity contribution in [1.29, 1.82) is 0 Å². The van der Waals surface area contributed by atoms with Crippen LogP contribution in [0.25, 0.3) is 0 Å². The molecule has 2 rings (SSSR count). The van der Waals surface area contributed by atoms with Gasteiger partial charge in [0, 0.05) is 12.4 Å². The zero-order valence-electron chi connectivity index (χ0n) is 8.73. The number of aromatic amines is 1. The number of aromatic nitrogens is 2. The van der Waals surface area contributed by atoms with Gasteiger partial charge in [0.2, 0.25) is 0 Å².